The predicted octanol–water partition coefficient (Wildman–Crippen LogP) is 3.18. The van der Waals surface area contributed by atoms with E-state index in [1.807, 2.05) is 54.8 Å². The van der Waals surface area contributed by atoms with Gasteiger partial charge in [0.2, 0.25) is 10.0 Å². The highest BCUT2D eigenvalue weighted by molar-refractivity contribution is 7.88. The fourth-order valence-corrected chi connectivity index (χ4v) is 4.29. The van der Waals surface area contributed by atoms with E-state index in [-0.39, 0.29) is 5.75 Å². The van der Waals surface area contributed by atoms with E-state index in [1.54, 1.807) is 6.20 Å². The number of thiazole rings is 1. The van der Waals surface area contributed by atoms with Gasteiger partial charge in [-0.2, -0.15) is 0 Å². The number of aromatic nitrogens is 2. The van der Waals surface area contributed by atoms with Gasteiger partial charge < -0.3 is 0 Å². The van der Waals surface area contributed by atoms with E-state index in [2.05, 4.69) is 14.7 Å². The maximum absolute atomic E-state index is 12.2. The molecule has 0 unspecified atom stereocenters. The quantitative estimate of drug-likeness (QED) is 0.690. The second-order valence-corrected chi connectivity index (χ2v) is 8.41. The summed E-state index contributed by atoms with van der Waals surface area (Å²) in [5.41, 5.74) is 3.59. The van der Waals surface area contributed by atoms with Crippen molar-refractivity contribution in [3.63, 3.8) is 0 Å². The Morgan fingerprint density at radius 2 is 1.92 bits per heavy atom. The van der Waals surface area contributed by atoms with Crippen LogP contribution in [0, 0.1) is 6.92 Å². The fourth-order valence-electron chi connectivity index (χ4n) is 2.32. The number of benzene rings is 1. The van der Waals surface area contributed by atoms with Gasteiger partial charge in [-0.3, -0.25) is 4.98 Å². The largest absolute Gasteiger partial charge is 0.254 e. The number of sulfonamides is 1. The third-order valence-electron chi connectivity index (χ3n) is 3.62. The van der Waals surface area contributed by atoms with Crippen molar-refractivity contribution in [3.8, 4) is 10.7 Å². The molecule has 0 atom stereocenters. The number of aryl methyl sites for hydroxylation is 1. The van der Waals surface area contributed by atoms with Crippen LogP contribution >= 0.6 is 11.3 Å². The molecule has 130 valence electrons. The predicted molar refractivity (Wildman–Crippen MR) is 101 cm³/mol. The van der Waals surface area contributed by atoms with Crippen molar-refractivity contribution in [1.82, 2.24) is 14.7 Å². The number of pyridine rings is 1. The van der Waals surface area contributed by atoms with E-state index >= 15 is 0 Å². The summed E-state index contributed by atoms with van der Waals surface area (Å²) in [6.07, 6.45) is 2.28. The summed E-state index contributed by atoms with van der Waals surface area (Å²) in [6, 6.07) is 13.2. The first-order valence-electron chi connectivity index (χ1n) is 7.90. The van der Waals surface area contributed by atoms with Crippen LogP contribution in [0.4, 0.5) is 0 Å². The fraction of sp³-hybridized carbons (Fsp3) is 0.222. The number of rotatable bonds is 7. The van der Waals surface area contributed by atoms with Crippen molar-refractivity contribution < 1.29 is 8.42 Å². The molecule has 0 bridgehead atoms. The second kappa shape index (κ2) is 7.86. The molecule has 25 heavy (non-hydrogen) atoms. The van der Waals surface area contributed by atoms with Gasteiger partial charge in [-0.1, -0.05) is 35.9 Å². The van der Waals surface area contributed by atoms with Gasteiger partial charge in [-0.25, -0.2) is 18.1 Å². The van der Waals surface area contributed by atoms with Gasteiger partial charge in [0.25, 0.3) is 0 Å². The van der Waals surface area contributed by atoms with Gasteiger partial charge in [0.05, 0.1) is 17.1 Å². The Morgan fingerprint density at radius 1 is 1.12 bits per heavy atom. The van der Waals surface area contributed by atoms with Crippen molar-refractivity contribution in [3.05, 3.63) is 70.9 Å². The summed E-state index contributed by atoms with van der Waals surface area (Å²) in [4.78, 5) is 8.79. The minimum absolute atomic E-state index is 0.0104. The molecule has 0 radical (unpaired) electrons. The average molecular weight is 374 g/mol. The zero-order chi connectivity index (χ0) is 17.7. The highest BCUT2D eigenvalue weighted by atomic mass is 32.2. The summed E-state index contributed by atoms with van der Waals surface area (Å²) in [5, 5.41) is 2.79. The van der Waals surface area contributed by atoms with Crippen molar-refractivity contribution in [2.24, 2.45) is 0 Å². The molecule has 3 aromatic rings. The lowest BCUT2D eigenvalue weighted by atomic mass is 10.2. The average Bonchev–Trinajstić information content (AvgIpc) is 3.06. The van der Waals surface area contributed by atoms with Crippen LogP contribution in [0.2, 0.25) is 0 Å². The number of hydrogen-bond acceptors (Lipinski definition) is 5. The van der Waals surface area contributed by atoms with E-state index in [4.69, 9.17) is 0 Å². The molecule has 2 heterocycles. The lowest BCUT2D eigenvalue weighted by molar-refractivity contribution is 0.580. The molecule has 0 fully saturated rings. The molecule has 0 aliphatic rings. The Morgan fingerprint density at radius 3 is 2.64 bits per heavy atom. The maximum Gasteiger partial charge on any atom is 0.215 e. The summed E-state index contributed by atoms with van der Waals surface area (Å²) < 4.78 is 27.0. The third kappa shape index (κ3) is 5.19. The van der Waals surface area contributed by atoms with Crippen LogP contribution in [0.5, 0.6) is 0 Å². The Labute approximate surface area is 151 Å². The first-order valence-corrected chi connectivity index (χ1v) is 10.4. The second-order valence-electron chi connectivity index (χ2n) is 5.75. The van der Waals surface area contributed by atoms with E-state index in [0.29, 0.717) is 13.0 Å². The zero-order valence-corrected chi connectivity index (χ0v) is 15.5. The molecule has 1 aromatic carbocycles. The number of nitrogens with one attached hydrogen (secondary N) is 1. The molecule has 3 rings (SSSR count). The Balaban J connectivity index is 1.54. The molecular weight excluding hydrogens is 354 g/mol. The van der Waals surface area contributed by atoms with E-state index in [9.17, 15) is 8.42 Å². The van der Waals surface area contributed by atoms with Gasteiger partial charge >= 0.3 is 0 Å². The maximum atomic E-state index is 12.2. The first kappa shape index (κ1) is 17.7. The monoisotopic (exact) mass is 373 g/mol. The van der Waals surface area contributed by atoms with Gasteiger partial charge in [0, 0.05) is 24.5 Å². The molecule has 0 aliphatic carbocycles. The Hall–Kier alpha value is -2.09. The lowest BCUT2D eigenvalue weighted by Crippen LogP contribution is -2.27. The highest BCUT2D eigenvalue weighted by Crippen LogP contribution is 2.21. The smallest absolute Gasteiger partial charge is 0.215 e. The molecule has 7 heteroatoms. The molecule has 0 spiro atoms. The minimum Gasteiger partial charge on any atom is -0.254 e. The highest BCUT2D eigenvalue weighted by Gasteiger charge is 2.12. The molecule has 5 nitrogen and oxygen atoms in total. The first-order chi connectivity index (χ1) is 12.0. The van der Waals surface area contributed by atoms with Gasteiger partial charge in [0.15, 0.2) is 0 Å². The zero-order valence-electron chi connectivity index (χ0n) is 13.8. The molecule has 0 amide bonds. The number of hydrogen-bond donors (Lipinski definition) is 1. The summed E-state index contributed by atoms with van der Waals surface area (Å²) in [7, 11) is -3.35. The van der Waals surface area contributed by atoms with E-state index < -0.39 is 10.0 Å². The summed E-state index contributed by atoms with van der Waals surface area (Å²) >= 11 is 1.51. The number of nitrogens with zero attached hydrogens (tertiary/aromatic N) is 2. The normalized spacial score (nSPS) is 11.6. The third-order valence-corrected chi connectivity index (χ3v) is 5.89. The van der Waals surface area contributed by atoms with E-state index in [0.717, 1.165) is 27.5 Å². The van der Waals surface area contributed by atoms with Crippen molar-refractivity contribution in [2.75, 3.05) is 6.54 Å². The van der Waals surface area contributed by atoms with Gasteiger partial charge in [0.1, 0.15) is 5.01 Å². The standard InChI is InChI=1S/C18H19N3O2S2/c1-14-5-7-15(8-6-14)13-25(22,23)20-11-9-16-12-24-18(21-16)17-4-2-3-10-19-17/h2-8,10,12,20H,9,11,13H2,1H3. The molecule has 2 aromatic heterocycles. The van der Waals surface area contributed by atoms with Crippen molar-refractivity contribution >= 4 is 21.4 Å². The molecule has 0 saturated carbocycles. The van der Waals surface area contributed by atoms with Crippen LogP contribution in [0.25, 0.3) is 10.7 Å². The summed E-state index contributed by atoms with van der Waals surface area (Å²) in [6.45, 7) is 2.31. The Bertz CT molecular complexity index is 920. The lowest BCUT2D eigenvalue weighted by Gasteiger charge is -2.06. The molecule has 1 N–H and O–H groups in total. The van der Waals surface area contributed by atoms with Crippen LogP contribution in [-0.4, -0.2) is 24.9 Å². The van der Waals surface area contributed by atoms with Crippen molar-refractivity contribution in [2.45, 2.75) is 19.1 Å². The van der Waals surface area contributed by atoms with Gasteiger partial charge in [-0.05, 0) is 24.6 Å². The SMILES string of the molecule is Cc1ccc(CS(=O)(=O)NCCc2csc(-c3ccccn3)n2)cc1. The molecule has 0 saturated heterocycles. The molecule has 0 aliphatic heterocycles. The Kier molecular flexibility index (Phi) is 5.57. The minimum atomic E-state index is -3.35. The van der Waals surface area contributed by atoms with Crippen LogP contribution in [0.3, 0.4) is 0 Å². The topological polar surface area (TPSA) is 72.0 Å². The van der Waals surface area contributed by atoms with Crippen LogP contribution in [0.1, 0.15) is 16.8 Å². The molecular formula is C18H19N3O2S2. The van der Waals surface area contributed by atoms with E-state index in [1.165, 1.54) is 11.3 Å². The summed E-state index contributed by atoms with van der Waals surface area (Å²) in [5.74, 6) is -0.0104. The van der Waals surface area contributed by atoms with Crippen molar-refractivity contribution in [1.29, 1.82) is 0 Å². The van der Waals surface area contributed by atoms with Crippen LogP contribution < -0.4 is 4.72 Å². The van der Waals surface area contributed by atoms with Crippen LogP contribution in [0.15, 0.2) is 54.0 Å². The van der Waals surface area contributed by atoms with Gasteiger partial charge in [-0.15, -0.1) is 11.3 Å². The van der Waals surface area contributed by atoms with Crippen LogP contribution in [-0.2, 0) is 22.2 Å².